The van der Waals surface area contributed by atoms with E-state index in [1.54, 1.807) is 19.9 Å². The first-order valence-electron chi connectivity index (χ1n) is 4.69. The highest BCUT2D eigenvalue weighted by Crippen LogP contribution is 2.36. The molecule has 1 rings (SSSR count). The van der Waals surface area contributed by atoms with E-state index in [4.69, 9.17) is 16.7 Å². The summed E-state index contributed by atoms with van der Waals surface area (Å²) in [6.45, 7) is 3.52. The summed E-state index contributed by atoms with van der Waals surface area (Å²) in [5, 5.41) is 19.0. The average Bonchev–Trinajstić information content (AvgIpc) is 2.18. The number of phenols is 1. The fraction of sp³-hybridized carbons (Fsp3) is 0.364. The molecule has 1 aromatic carbocycles. The Kier molecular flexibility index (Phi) is 3.58. The summed E-state index contributed by atoms with van der Waals surface area (Å²) in [4.78, 5) is 11.0. The zero-order valence-corrected chi connectivity index (χ0v) is 9.38. The fourth-order valence-electron chi connectivity index (χ4n) is 1.53. The third-order valence-corrected chi connectivity index (χ3v) is 2.91. The molecule has 1 unspecified atom stereocenters. The van der Waals surface area contributed by atoms with Gasteiger partial charge in [-0.05, 0) is 25.0 Å². The minimum Gasteiger partial charge on any atom is -0.508 e. The Labute approximate surface area is 93.3 Å². The molecule has 3 nitrogen and oxygen atoms in total. The first-order valence-corrected chi connectivity index (χ1v) is 5.07. The van der Waals surface area contributed by atoms with Crippen LogP contribution in [-0.2, 0) is 4.79 Å². The molecule has 0 heterocycles. The van der Waals surface area contributed by atoms with E-state index in [0.29, 0.717) is 17.0 Å². The van der Waals surface area contributed by atoms with E-state index in [-0.39, 0.29) is 5.75 Å². The smallest absolute Gasteiger partial charge is 0.311 e. The zero-order valence-electron chi connectivity index (χ0n) is 8.62. The SMILES string of the molecule is CCC(C(=O)O)c1c(O)ccc(C)c1Cl. The summed E-state index contributed by atoms with van der Waals surface area (Å²) >= 11 is 5.99. The molecule has 0 aliphatic carbocycles. The number of carbonyl (C=O) groups is 1. The zero-order chi connectivity index (χ0) is 11.6. The number of halogens is 1. The van der Waals surface area contributed by atoms with E-state index < -0.39 is 11.9 Å². The number of hydrogen-bond donors (Lipinski definition) is 2. The molecule has 0 amide bonds. The number of carboxylic acids is 1. The molecule has 0 radical (unpaired) electrons. The molecule has 0 fully saturated rings. The number of aromatic hydroxyl groups is 1. The van der Waals surface area contributed by atoms with Crippen LogP contribution in [0.2, 0.25) is 5.02 Å². The van der Waals surface area contributed by atoms with Gasteiger partial charge >= 0.3 is 5.97 Å². The maximum absolute atomic E-state index is 11.0. The molecule has 2 N–H and O–H groups in total. The van der Waals surface area contributed by atoms with E-state index >= 15 is 0 Å². The van der Waals surface area contributed by atoms with Crippen LogP contribution in [0, 0.1) is 6.92 Å². The van der Waals surface area contributed by atoms with E-state index in [1.165, 1.54) is 6.07 Å². The van der Waals surface area contributed by atoms with Crippen molar-refractivity contribution in [3.63, 3.8) is 0 Å². The van der Waals surface area contributed by atoms with Gasteiger partial charge in [0.15, 0.2) is 0 Å². The molecule has 1 atom stereocenters. The van der Waals surface area contributed by atoms with Crippen molar-refractivity contribution in [3.05, 3.63) is 28.3 Å². The predicted molar refractivity (Wildman–Crippen MR) is 58.5 cm³/mol. The normalized spacial score (nSPS) is 12.5. The van der Waals surface area contributed by atoms with Gasteiger partial charge in [-0.2, -0.15) is 0 Å². The molecule has 82 valence electrons. The summed E-state index contributed by atoms with van der Waals surface area (Å²) in [6, 6.07) is 3.14. The van der Waals surface area contributed by atoms with E-state index in [2.05, 4.69) is 0 Å². The van der Waals surface area contributed by atoms with Crippen LogP contribution < -0.4 is 0 Å². The highest BCUT2D eigenvalue weighted by molar-refractivity contribution is 6.32. The van der Waals surface area contributed by atoms with Crippen molar-refractivity contribution in [1.29, 1.82) is 0 Å². The number of hydrogen-bond acceptors (Lipinski definition) is 2. The predicted octanol–water partition coefficient (Wildman–Crippen LogP) is 2.93. The Hall–Kier alpha value is -1.22. The number of carboxylic acid groups (broad SMARTS) is 1. The lowest BCUT2D eigenvalue weighted by Crippen LogP contribution is -2.11. The second-order valence-corrected chi connectivity index (χ2v) is 3.81. The minimum atomic E-state index is -0.972. The van der Waals surface area contributed by atoms with Gasteiger partial charge in [0.05, 0.1) is 10.9 Å². The van der Waals surface area contributed by atoms with Gasteiger partial charge in [-0.15, -0.1) is 0 Å². The van der Waals surface area contributed by atoms with Gasteiger partial charge in [0.1, 0.15) is 5.75 Å². The summed E-state index contributed by atoms with van der Waals surface area (Å²) in [6.07, 6.45) is 0.395. The van der Waals surface area contributed by atoms with Crippen LogP contribution >= 0.6 is 11.6 Å². The Morgan fingerprint density at radius 2 is 2.13 bits per heavy atom. The van der Waals surface area contributed by atoms with Crippen molar-refractivity contribution in [2.24, 2.45) is 0 Å². The molecular weight excluding hydrogens is 216 g/mol. The van der Waals surface area contributed by atoms with Crippen molar-refractivity contribution in [2.75, 3.05) is 0 Å². The van der Waals surface area contributed by atoms with Crippen LogP contribution in [-0.4, -0.2) is 16.2 Å². The van der Waals surface area contributed by atoms with Gasteiger partial charge in [0, 0.05) is 5.56 Å². The number of aliphatic carboxylic acids is 1. The summed E-state index contributed by atoms with van der Waals surface area (Å²) in [5.41, 5.74) is 1.08. The van der Waals surface area contributed by atoms with Crippen LogP contribution in [0.3, 0.4) is 0 Å². The molecule has 0 spiro atoms. The van der Waals surface area contributed by atoms with Crippen LogP contribution in [0.4, 0.5) is 0 Å². The third kappa shape index (κ3) is 2.23. The lowest BCUT2D eigenvalue weighted by Gasteiger charge is -2.15. The van der Waals surface area contributed by atoms with Crippen LogP contribution in [0.25, 0.3) is 0 Å². The Morgan fingerprint density at radius 3 is 2.60 bits per heavy atom. The molecule has 0 bridgehead atoms. The Balaban J connectivity index is 3.34. The minimum absolute atomic E-state index is 0.0557. The second kappa shape index (κ2) is 4.53. The fourth-order valence-corrected chi connectivity index (χ4v) is 1.82. The molecular formula is C11H13ClO3. The van der Waals surface area contributed by atoms with Gasteiger partial charge in [-0.1, -0.05) is 24.6 Å². The quantitative estimate of drug-likeness (QED) is 0.836. The standard InChI is InChI=1S/C11H13ClO3/c1-3-7(11(14)15)9-8(13)5-4-6(2)10(9)12/h4-5,7,13H,3H2,1-2H3,(H,14,15). The molecule has 0 saturated carbocycles. The molecule has 4 heteroatoms. The van der Waals surface area contributed by atoms with Crippen molar-refractivity contribution >= 4 is 17.6 Å². The third-order valence-electron chi connectivity index (χ3n) is 2.40. The first kappa shape index (κ1) is 11.9. The Morgan fingerprint density at radius 1 is 1.53 bits per heavy atom. The number of rotatable bonds is 3. The Bertz CT molecular complexity index is 388. The van der Waals surface area contributed by atoms with Gasteiger partial charge in [-0.3, -0.25) is 4.79 Å². The molecule has 0 aliphatic rings. The molecule has 0 aliphatic heterocycles. The van der Waals surface area contributed by atoms with E-state index in [9.17, 15) is 9.90 Å². The monoisotopic (exact) mass is 228 g/mol. The topological polar surface area (TPSA) is 57.5 Å². The van der Waals surface area contributed by atoms with Crippen molar-refractivity contribution in [1.82, 2.24) is 0 Å². The molecule has 0 aromatic heterocycles. The van der Waals surface area contributed by atoms with Crippen molar-refractivity contribution in [2.45, 2.75) is 26.2 Å². The first-order chi connectivity index (χ1) is 6.99. The number of phenolic OH excluding ortho intramolecular Hbond substituents is 1. The van der Waals surface area contributed by atoms with Crippen molar-refractivity contribution in [3.8, 4) is 5.75 Å². The van der Waals surface area contributed by atoms with Gasteiger partial charge < -0.3 is 10.2 Å². The van der Waals surface area contributed by atoms with Gasteiger partial charge in [0.25, 0.3) is 0 Å². The molecule has 15 heavy (non-hydrogen) atoms. The lowest BCUT2D eigenvalue weighted by atomic mass is 9.94. The maximum Gasteiger partial charge on any atom is 0.311 e. The highest BCUT2D eigenvalue weighted by Gasteiger charge is 2.24. The van der Waals surface area contributed by atoms with E-state index in [1.807, 2.05) is 0 Å². The van der Waals surface area contributed by atoms with E-state index in [0.717, 1.165) is 5.56 Å². The summed E-state index contributed by atoms with van der Waals surface area (Å²) in [5.74, 6) is -1.78. The maximum atomic E-state index is 11.0. The second-order valence-electron chi connectivity index (χ2n) is 3.43. The van der Waals surface area contributed by atoms with Crippen LogP contribution in [0.5, 0.6) is 5.75 Å². The molecule has 1 aromatic rings. The lowest BCUT2D eigenvalue weighted by molar-refractivity contribution is -0.138. The van der Waals surface area contributed by atoms with Crippen LogP contribution in [0.15, 0.2) is 12.1 Å². The number of benzene rings is 1. The summed E-state index contributed by atoms with van der Waals surface area (Å²) < 4.78 is 0. The molecule has 0 saturated heterocycles. The van der Waals surface area contributed by atoms with Gasteiger partial charge in [-0.25, -0.2) is 0 Å². The van der Waals surface area contributed by atoms with Crippen molar-refractivity contribution < 1.29 is 15.0 Å². The number of aryl methyl sites for hydroxylation is 1. The largest absolute Gasteiger partial charge is 0.508 e. The van der Waals surface area contributed by atoms with Gasteiger partial charge in [0.2, 0.25) is 0 Å². The average molecular weight is 229 g/mol. The van der Waals surface area contributed by atoms with Crippen LogP contribution in [0.1, 0.15) is 30.4 Å². The highest BCUT2D eigenvalue weighted by atomic mass is 35.5. The summed E-state index contributed by atoms with van der Waals surface area (Å²) in [7, 11) is 0.